The molecule has 1 fully saturated rings. The third-order valence-electron chi connectivity index (χ3n) is 7.16. The Labute approximate surface area is 200 Å². The van der Waals surface area contributed by atoms with Gasteiger partial charge in [-0.1, -0.05) is 0 Å². The Bertz CT molecular complexity index is 1120. The number of aryl methyl sites for hydroxylation is 1. The van der Waals surface area contributed by atoms with Crippen molar-refractivity contribution < 1.29 is 27.8 Å². The van der Waals surface area contributed by atoms with Crippen LogP contribution < -0.4 is 19.9 Å². The number of halogens is 3. The molecule has 4 heterocycles. The number of ether oxygens (including phenoxy) is 1. The average molecular weight is 493 g/mol. The van der Waals surface area contributed by atoms with Crippen molar-refractivity contribution in [2.75, 3.05) is 41.9 Å². The fraction of sp³-hybridized carbons (Fsp3) is 0.565. The summed E-state index contributed by atoms with van der Waals surface area (Å²) in [6.07, 6.45) is -0.232. The molecule has 3 aliphatic rings. The molecule has 0 bridgehead atoms. The molecule has 1 saturated carbocycles. The Morgan fingerprint density at radius 2 is 2.06 bits per heavy atom. The predicted molar refractivity (Wildman–Crippen MR) is 121 cm³/mol. The van der Waals surface area contributed by atoms with E-state index in [9.17, 15) is 23.1 Å². The number of hydrogen-bond donors (Lipinski definition) is 2. The highest BCUT2D eigenvalue weighted by molar-refractivity contribution is 6.08. The average Bonchev–Trinajstić information content (AvgIpc) is 2.81. The number of nitrogens with one attached hydrogen (secondary N) is 1. The number of pyridine rings is 1. The third kappa shape index (κ3) is 4.13. The van der Waals surface area contributed by atoms with Crippen LogP contribution >= 0.6 is 0 Å². The molecule has 1 amide bonds. The molecular weight excluding hydrogens is 465 g/mol. The molecule has 2 N–H and O–H groups in total. The predicted octanol–water partition coefficient (Wildman–Crippen LogP) is 2.64. The van der Waals surface area contributed by atoms with Crippen molar-refractivity contribution in [1.29, 1.82) is 0 Å². The Kier molecular flexibility index (Phi) is 5.73. The van der Waals surface area contributed by atoms with Gasteiger partial charge in [0.1, 0.15) is 22.7 Å². The summed E-state index contributed by atoms with van der Waals surface area (Å²) in [5.74, 6) is 1.52. The molecule has 12 heteroatoms. The molecule has 0 spiro atoms. The van der Waals surface area contributed by atoms with Crippen molar-refractivity contribution in [2.24, 2.45) is 5.92 Å². The molecule has 1 aliphatic carbocycles. The lowest BCUT2D eigenvalue weighted by molar-refractivity contribution is -0.141. The number of rotatable bonds is 6. The fourth-order valence-corrected chi connectivity index (χ4v) is 4.82. The van der Waals surface area contributed by atoms with Crippen LogP contribution in [0.25, 0.3) is 0 Å². The molecule has 2 aromatic rings. The van der Waals surface area contributed by atoms with Gasteiger partial charge in [-0.05, 0) is 50.7 Å². The Morgan fingerprint density at radius 1 is 1.29 bits per heavy atom. The first kappa shape index (κ1) is 23.6. The second kappa shape index (κ2) is 8.51. The van der Waals surface area contributed by atoms with E-state index in [1.54, 1.807) is 23.8 Å². The minimum Gasteiger partial charge on any atom is -0.492 e. The van der Waals surface area contributed by atoms with E-state index in [0.29, 0.717) is 30.7 Å². The largest absolute Gasteiger partial charge is 0.492 e. The minimum absolute atomic E-state index is 0.138. The Morgan fingerprint density at radius 3 is 2.71 bits per heavy atom. The van der Waals surface area contributed by atoms with Crippen molar-refractivity contribution in [3.05, 3.63) is 29.7 Å². The van der Waals surface area contributed by atoms with Gasteiger partial charge in [0.05, 0.1) is 25.1 Å². The number of likely N-dealkylation sites (N-methyl/N-ethyl adjacent to an activating group) is 1. The number of carbonyl (C=O) groups is 1. The maximum absolute atomic E-state index is 13.0. The molecule has 0 radical (unpaired) electrons. The van der Waals surface area contributed by atoms with Crippen LogP contribution in [0.1, 0.15) is 37.6 Å². The highest BCUT2D eigenvalue weighted by Gasteiger charge is 2.49. The van der Waals surface area contributed by atoms with Gasteiger partial charge in [0, 0.05) is 19.6 Å². The van der Waals surface area contributed by atoms with E-state index in [2.05, 4.69) is 15.3 Å². The molecule has 2 aliphatic heterocycles. The second-order valence-corrected chi connectivity index (χ2v) is 9.58. The number of aliphatic hydroxyl groups is 1. The topological polar surface area (TPSA) is 104 Å². The van der Waals surface area contributed by atoms with Crippen LogP contribution in [0.15, 0.2) is 18.3 Å². The number of nitrogens with zero attached hydrogens (tertiary/aromatic N) is 5. The summed E-state index contributed by atoms with van der Waals surface area (Å²) in [6, 6.07) is 2.33. The van der Waals surface area contributed by atoms with Crippen LogP contribution in [0, 0.1) is 5.92 Å². The van der Waals surface area contributed by atoms with E-state index in [4.69, 9.17) is 9.72 Å². The van der Waals surface area contributed by atoms with Gasteiger partial charge in [-0.25, -0.2) is 9.97 Å². The van der Waals surface area contributed by atoms with Gasteiger partial charge >= 0.3 is 6.18 Å². The van der Waals surface area contributed by atoms with Gasteiger partial charge in [0.15, 0.2) is 5.82 Å². The monoisotopic (exact) mass is 492 g/mol. The molecule has 188 valence electrons. The molecule has 5 rings (SSSR count). The summed E-state index contributed by atoms with van der Waals surface area (Å²) in [7, 11) is 1.76. The lowest BCUT2D eigenvalue weighted by Gasteiger charge is -2.48. The molecular formula is C23H27F3N6O3. The molecule has 9 nitrogen and oxygen atoms in total. The minimum atomic E-state index is -4.47. The maximum Gasteiger partial charge on any atom is 0.433 e. The van der Waals surface area contributed by atoms with Crippen LogP contribution in [0.2, 0.25) is 0 Å². The lowest BCUT2D eigenvalue weighted by atomic mass is 9.81. The molecule has 0 aromatic carbocycles. The zero-order valence-corrected chi connectivity index (χ0v) is 19.5. The summed E-state index contributed by atoms with van der Waals surface area (Å²) < 4.78 is 43.5. The Balaban J connectivity index is 1.22. The molecule has 0 saturated heterocycles. The van der Waals surface area contributed by atoms with E-state index in [-0.39, 0.29) is 24.5 Å². The van der Waals surface area contributed by atoms with Crippen molar-refractivity contribution >= 4 is 23.4 Å². The van der Waals surface area contributed by atoms with Gasteiger partial charge in [0.2, 0.25) is 5.95 Å². The van der Waals surface area contributed by atoms with Crippen molar-refractivity contribution in [2.45, 2.75) is 50.4 Å². The van der Waals surface area contributed by atoms with Gasteiger partial charge in [0.25, 0.3) is 5.91 Å². The first-order valence-corrected chi connectivity index (χ1v) is 11.6. The molecule has 2 aromatic heterocycles. The second-order valence-electron chi connectivity index (χ2n) is 9.58. The van der Waals surface area contributed by atoms with Crippen LogP contribution in [-0.2, 0) is 17.4 Å². The van der Waals surface area contributed by atoms with E-state index < -0.39 is 17.4 Å². The van der Waals surface area contributed by atoms with Crippen LogP contribution in [-0.4, -0.2) is 64.4 Å². The standard InChI is InChI=1S/C23H27F3N6O3/c1-22(12-33)20(34)32-7-3-4-16-18(32)19(31(22)2)30-21(29-16)28-14-8-13(9-14)11-35-15-5-6-17(27-10-15)23(24,25)26/h5-6,10,13-14,33H,3-4,7-9,11-12H2,1-2H3,(H,28,29,30)/t13?,14?,22-/m0/s1. The first-order valence-electron chi connectivity index (χ1n) is 11.6. The lowest BCUT2D eigenvalue weighted by Crippen LogP contribution is -2.64. The third-order valence-corrected chi connectivity index (χ3v) is 7.16. The molecule has 35 heavy (non-hydrogen) atoms. The van der Waals surface area contributed by atoms with Crippen LogP contribution in [0.4, 0.5) is 30.6 Å². The summed E-state index contributed by atoms with van der Waals surface area (Å²) in [5.41, 5.74) is -0.485. The summed E-state index contributed by atoms with van der Waals surface area (Å²) >= 11 is 0. The SMILES string of the molecule is CN1c2nc(NC3CC(COc4ccc(C(F)(F)F)nc4)C3)nc3c2N(CCC3)C(=O)[C@]1(C)CO. The van der Waals surface area contributed by atoms with Crippen molar-refractivity contribution in [3.8, 4) is 5.75 Å². The number of amides is 1. The van der Waals surface area contributed by atoms with Crippen LogP contribution in [0.5, 0.6) is 5.75 Å². The quantitative estimate of drug-likeness (QED) is 0.635. The molecule has 1 atom stereocenters. The zero-order valence-electron chi connectivity index (χ0n) is 19.5. The van der Waals surface area contributed by atoms with E-state index in [0.717, 1.165) is 49.3 Å². The molecule has 0 unspecified atom stereocenters. The zero-order chi connectivity index (χ0) is 25.0. The number of aromatic nitrogens is 3. The summed E-state index contributed by atoms with van der Waals surface area (Å²) in [5, 5.41) is 13.3. The van der Waals surface area contributed by atoms with Crippen molar-refractivity contribution in [1.82, 2.24) is 15.0 Å². The number of alkyl halides is 3. The fourth-order valence-electron chi connectivity index (χ4n) is 4.82. The van der Waals surface area contributed by atoms with Crippen molar-refractivity contribution in [3.63, 3.8) is 0 Å². The number of hydrogen-bond acceptors (Lipinski definition) is 8. The van der Waals surface area contributed by atoms with Gasteiger partial charge in [-0.3, -0.25) is 4.79 Å². The highest BCUT2D eigenvalue weighted by Crippen LogP contribution is 2.43. The first-order chi connectivity index (χ1) is 16.6. The van der Waals surface area contributed by atoms with E-state index >= 15 is 0 Å². The normalized spacial score (nSPS) is 25.7. The number of carbonyl (C=O) groups excluding carboxylic acids is 1. The highest BCUT2D eigenvalue weighted by atomic mass is 19.4. The summed E-state index contributed by atoms with van der Waals surface area (Å²) in [6.45, 7) is 2.36. The maximum atomic E-state index is 13.0. The van der Waals surface area contributed by atoms with Crippen LogP contribution in [0.3, 0.4) is 0 Å². The smallest absolute Gasteiger partial charge is 0.433 e. The van der Waals surface area contributed by atoms with Gasteiger partial charge < -0.3 is 25.0 Å². The van der Waals surface area contributed by atoms with Gasteiger partial charge in [-0.2, -0.15) is 18.2 Å². The summed E-state index contributed by atoms with van der Waals surface area (Å²) in [4.78, 5) is 29.3. The number of anilines is 3. The Hall–Kier alpha value is -3.15. The van der Waals surface area contributed by atoms with E-state index in [1.165, 1.54) is 6.07 Å². The van der Waals surface area contributed by atoms with E-state index in [1.807, 2.05) is 0 Å². The van der Waals surface area contributed by atoms with Gasteiger partial charge in [-0.15, -0.1) is 0 Å². The number of aliphatic hydroxyl groups excluding tert-OH is 1.